The van der Waals surface area contributed by atoms with Crippen molar-refractivity contribution in [2.24, 2.45) is 0 Å². The summed E-state index contributed by atoms with van der Waals surface area (Å²) in [5, 5.41) is 20.2. The molecule has 1 aliphatic rings. The van der Waals surface area contributed by atoms with Crippen LogP contribution in [-0.4, -0.2) is 46.7 Å². The lowest BCUT2D eigenvalue weighted by molar-refractivity contribution is 0.122. The standard InChI is InChI=1S/C17H19N7O2/c25-17-11-15(21-23-17)19-13-4-2-1-3-12(13)18-14-5-6-16(22-20-14)24-7-9-26-10-8-24/h1-6,11H,7-10H2,(H,18,20)(H3,19,21,23,25). The van der Waals surface area contributed by atoms with E-state index in [0.29, 0.717) is 24.8 Å². The van der Waals surface area contributed by atoms with Crippen LogP contribution in [0.15, 0.2) is 47.3 Å². The van der Waals surface area contributed by atoms with Crippen LogP contribution in [0, 0.1) is 0 Å². The molecule has 0 atom stereocenters. The molecule has 26 heavy (non-hydrogen) atoms. The number of hydrogen-bond acceptors (Lipinski definition) is 7. The molecule has 3 aromatic rings. The molecule has 0 amide bonds. The molecule has 0 aliphatic carbocycles. The fourth-order valence-corrected chi connectivity index (χ4v) is 2.74. The number of para-hydroxylation sites is 2. The quantitative estimate of drug-likeness (QED) is 0.554. The average molecular weight is 353 g/mol. The first kappa shape index (κ1) is 16.2. The summed E-state index contributed by atoms with van der Waals surface area (Å²) < 4.78 is 5.35. The molecule has 1 aliphatic heterocycles. The summed E-state index contributed by atoms with van der Waals surface area (Å²) in [7, 11) is 0. The lowest BCUT2D eigenvalue weighted by Gasteiger charge is -2.27. The molecule has 4 N–H and O–H groups in total. The number of aromatic nitrogens is 4. The molecule has 0 radical (unpaired) electrons. The van der Waals surface area contributed by atoms with Crippen molar-refractivity contribution in [1.29, 1.82) is 0 Å². The Bertz CT molecular complexity index is 913. The highest BCUT2D eigenvalue weighted by molar-refractivity contribution is 5.76. The number of aromatic amines is 2. The highest BCUT2D eigenvalue weighted by Gasteiger charge is 2.13. The summed E-state index contributed by atoms with van der Waals surface area (Å²) >= 11 is 0. The van der Waals surface area contributed by atoms with Gasteiger partial charge in [-0.05, 0) is 24.3 Å². The van der Waals surface area contributed by atoms with E-state index in [9.17, 15) is 4.79 Å². The second-order valence-corrected chi connectivity index (χ2v) is 5.84. The first-order chi connectivity index (χ1) is 12.8. The highest BCUT2D eigenvalue weighted by Crippen LogP contribution is 2.26. The van der Waals surface area contributed by atoms with Gasteiger partial charge >= 0.3 is 0 Å². The van der Waals surface area contributed by atoms with E-state index >= 15 is 0 Å². The number of nitrogens with one attached hydrogen (secondary N) is 4. The molecule has 134 valence electrons. The molecule has 4 rings (SSSR count). The van der Waals surface area contributed by atoms with E-state index in [4.69, 9.17) is 4.74 Å². The van der Waals surface area contributed by atoms with Gasteiger partial charge in [-0.1, -0.05) is 12.1 Å². The predicted octanol–water partition coefficient (Wildman–Crippen LogP) is 1.82. The highest BCUT2D eigenvalue weighted by atomic mass is 16.5. The van der Waals surface area contributed by atoms with Crippen molar-refractivity contribution in [2.45, 2.75) is 0 Å². The molecule has 0 saturated carbocycles. The SMILES string of the molecule is O=c1cc(Nc2ccccc2Nc2ccc(N3CCOCC3)nn2)[nH][nH]1. The summed E-state index contributed by atoms with van der Waals surface area (Å²) in [4.78, 5) is 13.4. The minimum Gasteiger partial charge on any atom is -0.378 e. The maximum atomic E-state index is 11.2. The number of nitrogens with zero attached hydrogens (tertiary/aromatic N) is 3. The Balaban J connectivity index is 1.49. The smallest absolute Gasteiger partial charge is 0.266 e. The van der Waals surface area contributed by atoms with E-state index in [2.05, 4.69) is 35.9 Å². The van der Waals surface area contributed by atoms with E-state index in [0.717, 1.165) is 30.3 Å². The fraction of sp³-hybridized carbons (Fsp3) is 0.235. The van der Waals surface area contributed by atoms with Crippen LogP contribution in [0.25, 0.3) is 0 Å². The van der Waals surface area contributed by atoms with Gasteiger partial charge in [-0.25, -0.2) is 0 Å². The largest absolute Gasteiger partial charge is 0.378 e. The zero-order valence-electron chi connectivity index (χ0n) is 14.0. The van der Waals surface area contributed by atoms with Gasteiger partial charge in [-0.15, -0.1) is 10.2 Å². The minimum absolute atomic E-state index is 0.192. The Kier molecular flexibility index (Phi) is 4.52. The molecule has 9 heteroatoms. The van der Waals surface area contributed by atoms with Crippen LogP contribution in [0.3, 0.4) is 0 Å². The average Bonchev–Trinajstić information content (AvgIpc) is 3.09. The van der Waals surface area contributed by atoms with Gasteiger partial charge in [0, 0.05) is 19.2 Å². The van der Waals surface area contributed by atoms with Gasteiger partial charge in [0.15, 0.2) is 11.6 Å². The molecule has 1 fully saturated rings. The van der Waals surface area contributed by atoms with E-state index in [1.807, 2.05) is 36.4 Å². The molecule has 2 aromatic heterocycles. The Hall–Kier alpha value is -3.33. The van der Waals surface area contributed by atoms with Gasteiger partial charge in [0.1, 0.15) is 5.82 Å². The summed E-state index contributed by atoms with van der Waals surface area (Å²) in [6.45, 7) is 3.07. The second-order valence-electron chi connectivity index (χ2n) is 5.84. The zero-order valence-corrected chi connectivity index (χ0v) is 14.0. The molecule has 9 nitrogen and oxygen atoms in total. The van der Waals surface area contributed by atoms with Gasteiger partial charge in [-0.3, -0.25) is 15.0 Å². The van der Waals surface area contributed by atoms with Crippen molar-refractivity contribution in [3.8, 4) is 0 Å². The maximum Gasteiger partial charge on any atom is 0.266 e. The van der Waals surface area contributed by atoms with Crippen LogP contribution >= 0.6 is 0 Å². The predicted molar refractivity (Wildman–Crippen MR) is 99.5 cm³/mol. The summed E-state index contributed by atoms with van der Waals surface area (Å²) in [5.74, 6) is 2.06. The van der Waals surface area contributed by atoms with Gasteiger partial charge in [0.05, 0.1) is 24.6 Å². The molecule has 0 spiro atoms. The van der Waals surface area contributed by atoms with E-state index in [1.54, 1.807) is 0 Å². The van der Waals surface area contributed by atoms with E-state index in [-0.39, 0.29) is 5.56 Å². The normalized spacial score (nSPS) is 14.2. The maximum absolute atomic E-state index is 11.2. The van der Waals surface area contributed by atoms with Crippen molar-refractivity contribution in [2.75, 3.05) is 41.8 Å². The third-order valence-electron chi connectivity index (χ3n) is 4.04. The summed E-state index contributed by atoms with van der Waals surface area (Å²) in [6, 6.07) is 12.9. The lowest BCUT2D eigenvalue weighted by atomic mass is 10.2. The molecular weight excluding hydrogens is 334 g/mol. The van der Waals surface area contributed by atoms with Crippen LogP contribution in [0.1, 0.15) is 0 Å². The monoisotopic (exact) mass is 353 g/mol. The Morgan fingerprint density at radius 3 is 2.38 bits per heavy atom. The molecule has 1 saturated heterocycles. The molecule has 1 aromatic carbocycles. The van der Waals surface area contributed by atoms with Crippen molar-refractivity contribution in [3.05, 3.63) is 52.8 Å². The van der Waals surface area contributed by atoms with E-state index < -0.39 is 0 Å². The number of ether oxygens (including phenoxy) is 1. The van der Waals surface area contributed by atoms with Crippen LogP contribution in [0.4, 0.5) is 28.8 Å². The van der Waals surface area contributed by atoms with Crippen LogP contribution in [-0.2, 0) is 4.74 Å². The Morgan fingerprint density at radius 2 is 1.73 bits per heavy atom. The Morgan fingerprint density at radius 1 is 0.962 bits per heavy atom. The van der Waals surface area contributed by atoms with Crippen LogP contribution in [0.2, 0.25) is 0 Å². The topological polar surface area (TPSA) is 111 Å². The fourth-order valence-electron chi connectivity index (χ4n) is 2.74. The number of benzene rings is 1. The number of rotatable bonds is 5. The van der Waals surface area contributed by atoms with Gasteiger partial charge in [-0.2, -0.15) is 0 Å². The number of hydrogen-bond donors (Lipinski definition) is 4. The number of morpholine rings is 1. The first-order valence-electron chi connectivity index (χ1n) is 8.35. The van der Waals surface area contributed by atoms with Crippen LogP contribution < -0.4 is 21.1 Å². The molecule has 0 unspecified atom stereocenters. The summed E-state index contributed by atoms with van der Waals surface area (Å²) in [5.41, 5.74) is 1.44. The van der Waals surface area contributed by atoms with Crippen molar-refractivity contribution in [3.63, 3.8) is 0 Å². The van der Waals surface area contributed by atoms with Gasteiger partial charge < -0.3 is 20.3 Å². The third-order valence-corrected chi connectivity index (χ3v) is 4.04. The first-order valence-corrected chi connectivity index (χ1v) is 8.35. The van der Waals surface area contributed by atoms with Crippen molar-refractivity contribution < 1.29 is 4.74 Å². The second kappa shape index (κ2) is 7.28. The van der Waals surface area contributed by atoms with Gasteiger partial charge in [0.2, 0.25) is 0 Å². The van der Waals surface area contributed by atoms with Gasteiger partial charge in [0.25, 0.3) is 5.56 Å². The molecular formula is C17H19N7O2. The lowest BCUT2D eigenvalue weighted by Crippen LogP contribution is -2.36. The van der Waals surface area contributed by atoms with Crippen LogP contribution in [0.5, 0.6) is 0 Å². The minimum atomic E-state index is -0.192. The third kappa shape index (κ3) is 3.67. The summed E-state index contributed by atoms with van der Waals surface area (Å²) in [6.07, 6.45) is 0. The molecule has 3 heterocycles. The Labute approximate surface area is 149 Å². The molecule has 0 bridgehead atoms. The van der Waals surface area contributed by atoms with Crippen molar-refractivity contribution >= 4 is 28.8 Å². The van der Waals surface area contributed by atoms with Crippen molar-refractivity contribution in [1.82, 2.24) is 20.4 Å². The number of anilines is 5. The zero-order chi connectivity index (χ0) is 17.8. The van der Waals surface area contributed by atoms with E-state index in [1.165, 1.54) is 6.07 Å². The number of H-pyrrole nitrogens is 2.